The maximum Gasteiger partial charge on any atom is 0.224 e. The molecule has 2 fully saturated rings. The van der Waals surface area contributed by atoms with Crippen molar-refractivity contribution in [2.45, 2.75) is 51.1 Å². The van der Waals surface area contributed by atoms with E-state index in [0.29, 0.717) is 36.2 Å². The summed E-state index contributed by atoms with van der Waals surface area (Å²) in [5, 5.41) is 19.2. The summed E-state index contributed by atoms with van der Waals surface area (Å²) in [6, 6.07) is 11.1. The second kappa shape index (κ2) is 11.3. The number of benzene rings is 2. The zero-order valence-electron chi connectivity index (χ0n) is 22.9. The molecule has 9 heteroatoms. The van der Waals surface area contributed by atoms with Crippen LogP contribution in [0.1, 0.15) is 55.3 Å². The second-order valence-corrected chi connectivity index (χ2v) is 11.2. The highest BCUT2D eigenvalue weighted by Crippen LogP contribution is 2.46. The monoisotopic (exact) mass is 542 g/mol. The van der Waals surface area contributed by atoms with Gasteiger partial charge in [-0.05, 0) is 61.4 Å². The summed E-state index contributed by atoms with van der Waals surface area (Å²) >= 11 is 0. The smallest absolute Gasteiger partial charge is 0.224 e. The number of methoxy groups -OCH3 is 1. The molecule has 0 radical (unpaired) electrons. The zero-order chi connectivity index (χ0) is 27.6. The number of rotatable bonds is 9. The number of nitrogens with one attached hydrogen (secondary N) is 3. The van der Waals surface area contributed by atoms with Gasteiger partial charge in [-0.3, -0.25) is 19.9 Å². The molecule has 1 aliphatic heterocycles. The summed E-state index contributed by atoms with van der Waals surface area (Å²) in [5.74, 6) is 1.15. The van der Waals surface area contributed by atoms with Crippen molar-refractivity contribution >= 4 is 22.9 Å². The van der Waals surface area contributed by atoms with Gasteiger partial charge in [-0.1, -0.05) is 25.1 Å². The van der Waals surface area contributed by atoms with Gasteiger partial charge >= 0.3 is 0 Å². The van der Waals surface area contributed by atoms with E-state index in [1.165, 1.54) is 11.6 Å². The number of hydrogen-bond donors (Lipinski definition) is 3. The number of ether oxygens (including phenoxy) is 1. The summed E-state index contributed by atoms with van der Waals surface area (Å²) in [7, 11) is 1.56. The molecule has 3 N–H and O–H groups in total. The highest BCUT2D eigenvalue weighted by molar-refractivity contribution is 5.85. The standard InChI is InChI=1S/C31H35FN6O2/c1-19-13-23(17-38(16-19)18-24-25(32)5-3-7-28(24)40-2)34-29(39)8-4-6-27-30(20-9-10-20)31(37-36-27)21-11-12-26-22(14-21)15-33-35-26/h3-7,11-12,14-15,19-20,23H,8-10,13,16-18H2,1-2H3,(H,33,35)(H,34,39)(H,36,37)/b6-4-/t19-,23?/m1/s1. The lowest BCUT2D eigenvalue weighted by Crippen LogP contribution is -2.50. The van der Waals surface area contributed by atoms with E-state index in [4.69, 9.17) is 4.74 Å². The lowest BCUT2D eigenvalue weighted by molar-refractivity contribution is -0.121. The van der Waals surface area contributed by atoms with Crippen molar-refractivity contribution in [3.8, 4) is 17.0 Å². The molecule has 4 aromatic rings. The maximum atomic E-state index is 14.5. The van der Waals surface area contributed by atoms with Crippen molar-refractivity contribution < 1.29 is 13.9 Å². The molecule has 1 saturated heterocycles. The van der Waals surface area contributed by atoms with Gasteiger partial charge in [-0.15, -0.1) is 0 Å². The molecule has 208 valence electrons. The highest BCUT2D eigenvalue weighted by atomic mass is 19.1. The molecule has 0 spiro atoms. The summed E-state index contributed by atoms with van der Waals surface area (Å²) in [6.45, 7) is 4.15. The summed E-state index contributed by atoms with van der Waals surface area (Å²) < 4.78 is 19.9. The van der Waals surface area contributed by atoms with Gasteiger partial charge in [0.2, 0.25) is 5.91 Å². The number of nitrogens with zero attached hydrogens (tertiary/aromatic N) is 3. The Bertz CT molecular complexity index is 1540. The van der Waals surface area contributed by atoms with Crippen LogP contribution in [0.5, 0.6) is 5.75 Å². The van der Waals surface area contributed by atoms with Crippen molar-refractivity contribution in [1.29, 1.82) is 0 Å². The third-order valence-corrected chi connectivity index (χ3v) is 7.90. The third kappa shape index (κ3) is 5.65. The topological polar surface area (TPSA) is 98.9 Å². The van der Waals surface area contributed by atoms with Crippen LogP contribution in [0.3, 0.4) is 0 Å². The van der Waals surface area contributed by atoms with Crippen molar-refractivity contribution in [3.05, 3.63) is 71.3 Å². The normalized spacial score (nSPS) is 19.9. The number of likely N-dealkylation sites (tertiary alicyclic amines) is 1. The van der Waals surface area contributed by atoms with Gasteiger partial charge in [0.1, 0.15) is 11.6 Å². The van der Waals surface area contributed by atoms with Crippen molar-refractivity contribution in [1.82, 2.24) is 30.6 Å². The van der Waals surface area contributed by atoms with Gasteiger partial charge in [0.25, 0.3) is 0 Å². The number of hydrogen-bond acceptors (Lipinski definition) is 5. The van der Waals surface area contributed by atoms with Crippen molar-refractivity contribution in [2.75, 3.05) is 20.2 Å². The predicted molar refractivity (Wildman–Crippen MR) is 153 cm³/mol. The SMILES string of the molecule is COc1cccc(F)c1CN1CC(NC(=O)C/C=C\c2[nH]nc(-c3ccc4[nH]ncc4c3)c2C2CC2)C[C@@H](C)C1. The minimum atomic E-state index is -0.266. The fraction of sp³-hybridized carbons (Fsp3) is 0.387. The second-order valence-electron chi connectivity index (χ2n) is 11.2. The van der Waals surface area contributed by atoms with Gasteiger partial charge < -0.3 is 10.1 Å². The van der Waals surface area contributed by atoms with Crippen molar-refractivity contribution in [3.63, 3.8) is 0 Å². The van der Waals surface area contributed by atoms with E-state index < -0.39 is 0 Å². The largest absolute Gasteiger partial charge is 0.496 e. The number of aromatic nitrogens is 4. The fourth-order valence-corrected chi connectivity index (χ4v) is 5.96. The first-order valence-electron chi connectivity index (χ1n) is 14.0. The van der Waals surface area contributed by atoms with Gasteiger partial charge in [0.05, 0.1) is 30.2 Å². The molecule has 2 aliphatic rings. The highest BCUT2D eigenvalue weighted by Gasteiger charge is 2.31. The number of piperidine rings is 1. The molecule has 40 heavy (non-hydrogen) atoms. The number of amides is 1. The van der Waals surface area contributed by atoms with Gasteiger partial charge in [0.15, 0.2) is 0 Å². The third-order valence-electron chi connectivity index (χ3n) is 7.90. The minimum absolute atomic E-state index is 0.0149. The number of fused-ring (bicyclic) bond motifs is 1. The number of H-pyrrole nitrogens is 2. The van der Waals surface area contributed by atoms with E-state index in [1.54, 1.807) is 19.2 Å². The van der Waals surface area contributed by atoms with Gasteiger partial charge in [-0.25, -0.2) is 4.39 Å². The number of aromatic amines is 2. The molecule has 6 rings (SSSR count). The van der Waals surface area contributed by atoms with E-state index in [0.717, 1.165) is 53.7 Å². The van der Waals surface area contributed by atoms with E-state index >= 15 is 0 Å². The molecule has 2 aromatic heterocycles. The number of carbonyl (C=O) groups excluding carboxylic acids is 1. The number of carbonyl (C=O) groups is 1. The van der Waals surface area contributed by atoms with Crippen LogP contribution < -0.4 is 10.1 Å². The van der Waals surface area contributed by atoms with Crippen LogP contribution in [-0.4, -0.2) is 57.4 Å². The predicted octanol–water partition coefficient (Wildman–Crippen LogP) is 5.41. The lowest BCUT2D eigenvalue weighted by Gasteiger charge is -2.37. The molecule has 2 aromatic carbocycles. The maximum absolute atomic E-state index is 14.5. The van der Waals surface area contributed by atoms with Crippen LogP contribution in [0, 0.1) is 11.7 Å². The minimum Gasteiger partial charge on any atom is -0.496 e. The lowest BCUT2D eigenvalue weighted by atomic mass is 9.95. The molecule has 8 nitrogen and oxygen atoms in total. The van der Waals surface area contributed by atoms with Gasteiger partial charge in [0, 0.05) is 54.2 Å². The van der Waals surface area contributed by atoms with Crippen LogP contribution in [0.25, 0.3) is 28.2 Å². The van der Waals surface area contributed by atoms with Crippen LogP contribution in [0.2, 0.25) is 0 Å². The van der Waals surface area contributed by atoms with Crippen LogP contribution >= 0.6 is 0 Å². The quantitative estimate of drug-likeness (QED) is 0.263. The molecule has 1 aliphatic carbocycles. The van der Waals surface area contributed by atoms with E-state index in [1.807, 2.05) is 24.4 Å². The molecule has 1 saturated carbocycles. The molecule has 1 unspecified atom stereocenters. The van der Waals surface area contributed by atoms with E-state index in [2.05, 4.69) is 49.7 Å². The first-order chi connectivity index (χ1) is 19.5. The Morgan fingerprint density at radius 1 is 1.23 bits per heavy atom. The van der Waals surface area contributed by atoms with Crippen LogP contribution in [0.4, 0.5) is 4.39 Å². The molecular weight excluding hydrogens is 507 g/mol. The summed E-state index contributed by atoms with van der Waals surface area (Å²) in [4.78, 5) is 15.1. The van der Waals surface area contributed by atoms with Gasteiger partial charge in [-0.2, -0.15) is 10.2 Å². The average molecular weight is 543 g/mol. The Morgan fingerprint density at radius 2 is 2.10 bits per heavy atom. The Balaban J connectivity index is 1.09. The van der Waals surface area contributed by atoms with E-state index in [9.17, 15) is 9.18 Å². The fourth-order valence-electron chi connectivity index (χ4n) is 5.96. The Labute approximate surface area is 233 Å². The summed E-state index contributed by atoms with van der Waals surface area (Å²) in [5.41, 5.74) is 5.78. The first kappa shape index (κ1) is 26.3. The number of halogens is 1. The Morgan fingerprint density at radius 3 is 2.92 bits per heavy atom. The molecule has 3 heterocycles. The van der Waals surface area contributed by atoms with Crippen LogP contribution in [-0.2, 0) is 11.3 Å². The summed E-state index contributed by atoms with van der Waals surface area (Å²) in [6.07, 6.45) is 9.20. The molecule has 0 bridgehead atoms. The molecule has 1 amide bonds. The van der Waals surface area contributed by atoms with E-state index in [-0.39, 0.29) is 24.2 Å². The molecular formula is C31H35FN6O2. The van der Waals surface area contributed by atoms with Crippen molar-refractivity contribution in [2.24, 2.45) is 5.92 Å². The molecule has 2 atom stereocenters. The average Bonchev–Trinajstić information content (AvgIpc) is 3.50. The Hall–Kier alpha value is -3.98. The van der Waals surface area contributed by atoms with Crippen LogP contribution in [0.15, 0.2) is 48.7 Å². The Kier molecular flexibility index (Phi) is 7.38. The zero-order valence-corrected chi connectivity index (χ0v) is 22.9. The first-order valence-corrected chi connectivity index (χ1v) is 14.0.